The first kappa shape index (κ1) is 16.2. The van der Waals surface area contributed by atoms with Gasteiger partial charge >= 0.3 is 0 Å². The Labute approximate surface area is 133 Å². The lowest BCUT2D eigenvalue weighted by atomic mass is 10.2. The second-order valence-electron chi connectivity index (χ2n) is 4.64. The van der Waals surface area contributed by atoms with Crippen LogP contribution in [0, 0.1) is 0 Å². The number of hydrogen-bond acceptors (Lipinski definition) is 5. The van der Waals surface area contributed by atoms with Crippen LogP contribution in [-0.4, -0.2) is 30.3 Å². The van der Waals surface area contributed by atoms with Crippen molar-refractivity contribution in [3.63, 3.8) is 0 Å². The molecule has 0 atom stereocenters. The average Bonchev–Trinajstić information content (AvgIpc) is 2.55. The normalized spacial score (nSPS) is 10.5. The van der Waals surface area contributed by atoms with Crippen molar-refractivity contribution < 1.29 is 24.5 Å². The number of carbonyl (C=O) groups is 1. The summed E-state index contributed by atoms with van der Waals surface area (Å²) in [5, 5.41) is 21.3. The summed E-state index contributed by atoms with van der Waals surface area (Å²) in [4.78, 5) is 11.9. The second-order valence-corrected chi connectivity index (χ2v) is 4.64. The van der Waals surface area contributed by atoms with E-state index in [0.29, 0.717) is 22.7 Å². The topological polar surface area (TPSA) is 88.0 Å². The Morgan fingerprint density at radius 3 is 2.39 bits per heavy atom. The molecule has 2 aromatic rings. The van der Waals surface area contributed by atoms with E-state index < -0.39 is 0 Å². The largest absolute Gasteiger partial charge is 0.504 e. The summed E-state index contributed by atoms with van der Waals surface area (Å²) >= 11 is 0. The molecule has 0 saturated heterocycles. The van der Waals surface area contributed by atoms with Crippen LogP contribution in [0.3, 0.4) is 0 Å². The number of benzene rings is 2. The minimum atomic E-state index is -0.343. The van der Waals surface area contributed by atoms with Crippen molar-refractivity contribution in [2.45, 2.75) is 0 Å². The molecule has 0 bridgehead atoms. The van der Waals surface area contributed by atoms with Gasteiger partial charge in [-0.15, -0.1) is 0 Å². The number of nitrogens with one attached hydrogen (secondary N) is 1. The smallest absolute Gasteiger partial charge is 0.248 e. The van der Waals surface area contributed by atoms with Gasteiger partial charge in [0.05, 0.1) is 14.2 Å². The van der Waals surface area contributed by atoms with Crippen molar-refractivity contribution in [3.05, 3.63) is 48.0 Å². The van der Waals surface area contributed by atoms with Crippen molar-refractivity contribution in [1.82, 2.24) is 0 Å². The lowest BCUT2D eigenvalue weighted by Crippen LogP contribution is -2.07. The van der Waals surface area contributed by atoms with Crippen LogP contribution in [0.1, 0.15) is 5.56 Å². The molecule has 0 fully saturated rings. The van der Waals surface area contributed by atoms with Crippen molar-refractivity contribution in [2.24, 2.45) is 0 Å². The number of amides is 1. The monoisotopic (exact) mass is 315 g/mol. The van der Waals surface area contributed by atoms with Gasteiger partial charge in [0.15, 0.2) is 23.0 Å². The van der Waals surface area contributed by atoms with E-state index in [-0.39, 0.29) is 17.4 Å². The molecule has 0 aliphatic heterocycles. The Balaban J connectivity index is 2.07. The molecule has 120 valence electrons. The summed E-state index contributed by atoms with van der Waals surface area (Å²) in [6.07, 6.45) is 2.85. The second kappa shape index (κ2) is 7.22. The summed E-state index contributed by atoms with van der Waals surface area (Å²) in [6.45, 7) is 0. The van der Waals surface area contributed by atoms with Crippen LogP contribution in [0.4, 0.5) is 5.69 Å². The third kappa shape index (κ3) is 4.16. The van der Waals surface area contributed by atoms with Crippen LogP contribution in [0.15, 0.2) is 42.5 Å². The number of carbonyl (C=O) groups excluding carboxylic acids is 1. The van der Waals surface area contributed by atoms with Crippen molar-refractivity contribution >= 4 is 17.7 Å². The first-order valence-electron chi connectivity index (χ1n) is 6.76. The van der Waals surface area contributed by atoms with Gasteiger partial charge in [0, 0.05) is 17.8 Å². The molecule has 2 aromatic carbocycles. The molecule has 3 N–H and O–H groups in total. The number of phenols is 2. The molecule has 0 radical (unpaired) electrons. The molecule has 0 aliphatic carbocycles. The zero-order valence-electron chi connectivity index (χ0n) is 12.7. The molecule has 23 heavy (non-hydrogen) atoms. The zero-order chi connectivity index (χ0) is 16.8. The summed E-state index contributed by atoms with van der Waals surface area (Å²) in [5.41, 5.74) is 1.15. The average molecular weight is 315 g/mol. The molecule has 0 spiro atoms. The maximum absolute atomic E-state index is 11.9. The number of hydrogen-bond donors (Lipinski definition) is 3. The van der Waals surface area contributed by atoms with Crippen LogP contribution in [0.5, 0.6) is 23.0 Å². The Hall–Kier alpha value is -3.15. The van der Waals surface area contributed by atoms with E-state index in [4.69, 9.17) is 9.47 Å². The Morgan fingerprint density at radius 1 is 1.00 bits per heavy atom. The summed E-state index contributed by atoms with van der Waals surface area (Å²) in [6, 6.07) is 9.32. The third-order valence-electron chi connectivity index (χ3n) is 3.08. The van der Waals surface area contributed by atoms with E-state index >= 15 is 0 Å². The SMILES string of the molecule is COc1ccc(NC(=O)/C=C\c2ccc(O)c(O)c2)cc1OC. The number of phenolic OH excluding ortho intramolecular Hbond substituents is 2. The van der Waals surface area contributed by atoms with Gasteiger partial charge in [-0.3, -0.25) is 4.79 Å². The number of rotatable bonds is 5. The van der Waals surface area contributed by atoms with E-state index in [0.717, 1.165) is 0 Å². The van der Waals surface area contributed by atoms with Gasteiger partial charge in [0.1, 0.15) is 0 Å². The Morgan fingerprint density at radius 2 is 1.74 bits per heavy atom. The van der Waals surface area contributed by atoms with Gasteiger partial charge in [0.2, 0.25) is 5.91 Å². The molecular weight excluding hydrogens is 298 g/mol. The minimum absolute atomic E-state index is 0.211. The summed E-state index contributed by atoms with van der Waals surface area (Å²) in [7, 11) is 3.05. The highest BCUT2D eigenvalue weighted by atomic mass is 16.5. The van der Waals surface area contributed by atoms with Crippen LogP contribution < -0.4 is 14.8 Å². The van der Waals surface area contributed by atoms with E-state index in [2.05, 4.69) is 5.32 Å². The van der Waals surface area contributed by atoms with E-state index in [1.54, 1.807) is 24.3 Å². The molecule has 6 nitrogen and oxygen atoms in total. The van der Waals surface area contributed by atoms with E-state index in [9.17, 15) is 15.0 Å². The van der Waals surface area contributed by atoms with Gasteiger partial charge in [-0.2, -0.15) is 0 Å². The third-order valence-corrected chi connectivity index (χ3v) is 3.08. The van der Waals surface area contributed by atoms with Gasteiger partial charge in [-0.1, -0.05) is 6.07 Å². The van der Waals surface area contributed by atoms with Crippen molar-refractivity contribution in [3.8, 4) is 23.0 Å². The van der Waals surface area contributed by atoms with Gasteiger partial charge in [0.25, 0.3) is 0 Å². The maximum atomic E-state index is 11.9. The van der Waals surface area contributed by atoms with E-state index in [1.165, 1.54) is 38.5 Å². The van der Waals surface area contributed by atoms with Crippen molar-refractivity contribution in [1.29, 1.82) is 0 Å². The van der Waals surface area contributed by atoms with Gasteiger partial charge in [-0.25, -0.2) is 0 Å². The molecule has 0 saturated carbocycles. The van der Waals surface area contributed by atoms with Crippen molar-refractivity contribution in [2.75, 3.05) is 19.5 Å². The highest BCUT2D eigenvalue weighted by molar-refractivity contribution is 6.02. The molecule has 0 aliphatic rings. The van der Waals surface area contributed by atoms with Gasteiger partial charge in [-0.05, 0) is 35.9 Å². The minimum Gasteiger partial charge on any atom is -0.504 e. The number of anilines is 1. The fourth-order valence-corrected chi connectivity index (χ4v) is 1.91. The van der Waals surface area contributed by atoms with E-state index in [1.807, 2.05) is 0 Å². The quantitative estimate of drug-likeness (QED) is 0.583. The maximum Gasteiger partial charge on any atom is 0.248 e. The molecule has 0 aromatic heterocycles. The lowest BCUT2D eigenvalue weighted by Gasteiger charge is -2.09. The lowest BCUT2D eigenvalue weighted by molar-refractivity contribution is -0.111. The zero-order valence-corrected chi connectivity index (χ0v) is 12.7. The Bertz CT molecular complexity index is 740. The molecule has 6 heteroatoms. The molecule has 0 heterocycles. The number of methoxy groups -OCH3 is 2. The Kier molecular flexibility index (Phi) is 5.09. The first-order valence-corrected chi connectivity index (χ1v) is 6.76. The fraction of sp³-hybridized carbons (Fsp3) is 0.118. The first-order chi connectivity index (χ1) is 11.0. The predicted octanol–water partition coefficient (Wildman–Crippen LogP) is 2.77. The summed E-state index contributed by atoms with van der Waals surface area (Å²) in [5.74, 6) is 0.285. The van der Waals surface area contributed by atoms with Crippen LogP contribution in [-0.2, 0) is 4.79 Å². The summed E-state index contributed by atoms with van der Waals surface area (Å²) < 4.78 is 10.3. The van der Waals surface area contributed by atoms with Gasteiger partial charge < -0.3 is 25.0 Å². The highest BCUT2D eigenvalue weighted by Crippen LogP contribution is 2.29. The van der Waals surface area contributed by atoms with Crippen LogP contribution >= 0.6 is 0 Å². The fourth-order valence-electron chi connectivity index (χ4n) is 1.91. The molecular formula is C17H17NO5. The molecule has 1 amide bonds. The highest BCUT2D eigenvalue weighted by Gasteiger charge is 2.06. The molecule has 0 unspecified atom stereocenters. The standard InChI is InChI=1S/C17H17NO5/c1-22-15-7-5-12(10-16(15)23-2)18-17(21)8-4-11-3-6-13(19)14(20)9-11/h3-10,19-20H,1-2H3,(H,18,21)/b8-4-. The van der Waals surface area contributed by atoms with Crippen LogP contribution in [0.2, 0.25) is 0 Å². The molecule has 2 rings (SSSR count). The number of aromatic hydroxyl groups is 2. The van der Waals surface area contributed by atoms with Crippen LogP contribution in [0.25, 0.3) is 6.08 Å². The number of ether oxygens (including phenoxy) is 2. The predicted molar refractivity (Wildman–Crippen MR) is 87.0 cm³/mol.